The summed E-state index contributed by atoms with van der Waals surface area (Å²) in [5, 5.41) is 4.04. The summed E-state index contributed by atoms with van der Waals surface area (Å²) in [6.45, 7) is 0. The van der Waals surface area contributed by atoms with Gasteiger partial charge in [0.2, 0.25) is 0 Å². The number of halogens is 3. The SMILES string of the molecule is NC(=O)c1ccccc1NC(=O)C(=O)Nc1ccccc1C(F)(F)F. The van der Waals surface area contributed by atoms with Crippen molar-refractivity contribution < 1.29 is 27.6 Å². The van der Waals surface area contributed by atoms with E-state index in [0.29, 0.717) is 0 Å². The number of nitrogens with two attached hydrogens (primary N) is 1. The normalized spacial score (nSPS) is 10.8. The number of carbonyl (C=O) groups is 3. The van der Waals surface area contributed by atoms with Gasteiger partial charge in [0, 0.05) is 0 Å². The van der Waals surface area contributed by atoms with Crippen LogP contribution in [0.25, 0.3) is 0 Å². The topological polar surface area (TPSA) is 101 Å². The molecule has 0 fully saturated rings. The second-order valence-corrected chi connectivity index (χ2v) is 4.86. The lowest BCUT2D eigenvalue weighted by Gasteiger charge is -2.13. The molecule has 0 unspecified atom stereocenters. The zero-order valence-corrected chi connectivity index (χ0v) is 12.6. The molecule has 2 rings (SSSR count). The maximum absolute atomic E-state index is 12.9. The summed E-state index contributed by atoms with van der Waals surface area (Å²) < 4.78 is 38.7. The molecule has 2 aromatic carbocycles. The lowest BCUT2D eigenvalue weighted by Crippen LogP contribution is -2.30. The van der Waals surface area contributed by atoms with Gasteiger partial charge >= 0.3 is 18.0 Å². The average molecular weight is 351 g/mol. The third kappa shape index (κ3) is 4.34. The lowest BCUT2D eigenvalue weighted by atomic mass is 10.1. The molecule has 9 heteroatoms. The van der Waals surface area contributed by atoms with Crippen LogP contribution in [0.4, 0.5) is 24.5 Å². The molecule has 0 aliphatic rings. The summed E-state index contributed by atoms with van der Waals surface area (Å²) >= 11 is 0. The molecule has 0 aliphatic carbocycles. The number of hydrogen-bond acceptors (Lipinski definition) is 3. The van der Waals surface area contributed by atoms with E-state index in [2.05, 4.69) is 5.32 Å². The van der Waals surface area contributed by atoms with Crippen molar-refractivity contribution in [1.29, 1.82) is 0 Å². The second-order valence-electron chi connectivity index (χ2n) is 4.86. The van der Waals surface area contributed by atoms with E-state index in [-0.39, 0.29) is 11.3 Å². The van der Waals surface area contributed by atoms with Crippen LogP contribution in [-0.2, 0) is 15.8 Å². The highest BCUT2D eigenvalue weighted by molar-refractivity contribution is 6.44. The fourth-order valence-electron chi connectivity index (χ4n) is 2.00. The van der Waals surface area contributed by atoms with E-state index in [0.717, 1.165) is 18.2 Å². The Morgan fingerprint density at radius 2 is 1.28 bits per heavy atom. The molecule has 0 saturated carbocycles. The molecule has 0 heterocycles. The van der Waals surface area contributed by atoms with E-state index >= 15 is 0 Å². The summed E-state index contributed by atoms with van der Waals surface area (Å²) in [5.41, 5.74) is 3.42. The molecule has 0 radical (unpaired) electrons. The molecule has 3 amide bonds. The smallest absolute Gasteiger partial charge is 0.366 e. The molecule has 2 aromatic rings. The Morgan fingerprint density at radius 3 is 1.84 bits per heavy atom. The molecule has 25 heavy (non-hydrogen) atoms. The van der Waals surface area contributed by atoms with E-state index < -0.39 is 35.1 Å². The quantitative estimate of drug-likeness (QED) is 0.740. The van der Waals surface area contributed by atoms with Gasteiger partial charge in [-0.1, -0.05) is 24.3 Å². The van der Waals surface area contributed by atoms with Crippen molar-refractivity contribution in [3.8, 4) is 0 Å². The summed E-state index contributed by atoms with van der Waals surface area (Å²) in [6, 6.07) is 9.87. The Labute approximate surface area is 139 Å². The number of anilines is 2. The van der Waals surface area contributed by atoms with Crippen LogP contribution in [0, 0.1) is 0 Å². The number of rotatable bonds is 3. The Balaban J connectivity index is 2.18. The number of nitrogens with one attached hydrogen (secondary N) is 2. The van der Waals surface area contributed by atoms with Crippen LogP contribution in [0.1, 0.15) is 15.9 Å². The van der Waals surface area contributed by atoms with Crippen molar-refractivity contribution in [3.63, 3.8) is 0 Å². The van der Waals surface area contributed by atoms with Gasteiger partial charge in [0.25, 0.3) is 5.91 Å². The molecule has 0 aliphatic heterocycles. The van der Waals surface area contributed by atoms with Crippen molar-refractivity contribution in [2.24, 2.45) is 5.73 Å². The fraction of sp³-hybridized carbons (Fsp3) is 0.0625. The van der Waals surface area contributed by atoms with E-state index in [1.54, 1.807) is 0 Å². The minimum atomic E-state index is -4.70. The minimum Gasteiger partial charge on any atom is -0.366 e. The first kappa shape index (κ1) is 18.0. The predicted octanol–water partition coefficient (Wildman–Crippen LogP) is 2.38. The van der Waals surface area contributed by atoms with Crippen molar-refractivity contribution in [1.82, 2.24) is 0 Å². The minimum absolute atomic E-state index is 0.0285. The molecule has 0 aromatic heterocycles. The van der Waals surface area contributed by atoms with E-state index in [1.807, 2.05) is 5.32 Å². The van der Waals surface area contributed by atoms with Crippen LogP contribution in [0.15, 0.2) is 48.5 Å². The number of primary amides is 1. The van der Waals surface area contributed by atoms with E-state index in [1.165, 1.54) is 30.3 Å². The third-order valence-electron chi connectivity index (χ3n) is 3.13. The Kier molecular flexibility index (Phi) is 5.06. The molecular formula is C16H12F3N3O3. The van der Waals surface area contributed by atoms with Crippen LogP contribution in [0.3, 0.4) is 0 Å². The van der Waals surface area contributed by atoms with Crippen LogP contribution in [0.2, 0.25) is 0 Å². The molecule has 0 spiro atoms. The number of carbonyl (C=O) groups excluding carboxylic acids is 3. The maximum atomic E-state index is 12.9. The van der Waals surface area contributed by atoms with Gasteiger partial charge in [-0.15, -0.1) is 0 Å². The molecule has 0 bridgehead atoms. The molecule has 130 valence electrons. The van der Waals surface area contributed by atoms with Gasteiger partial charge in [0.05, 0.1) is 22.5 Å². The summed E-state index contributed by atoms with van der Waals surface area (Å²) in [4.78, 5) is 35.0. The van der Waals surface area contributed by atoms with Gasteiger partial charge in [-0.2, -0.15) is 13.2 Å². The number of amides is 3. The molecule has 6 nitrogen and oxygen atoms in total. The van der Waals surface area contributed by atoms with Gasteiger partial charge in [-0.3, -0.25) is 14.4 Å². The highest BCUT2D eigenvalue weighted by Gasteiger charge is 2.34. The first-order valence-corrected chi connectivity index (χ1v) is 6.87. The van der Waals surface area contributed by atoms with Gasteiger partial charge < -0.3 is 16.4 Å². The highest BCUT2D eigenvalue weighted by atomic mass is 19.4. The number of benzene rings is 2. The maximum Gasteiger partial charge on any atom is 0.418 e. The number of hydrogen-bond donors (Lipinski definition) is 3. The van der Waals surface area contributed by atoms with Crippen molar-refractivity contribution in [2.75, 3.05) is 10.6 Å². The van der Waals surface area contributed by atoms with Gasteiger partial charge in [-0.25, -0.2) is 0 Å². The predicted molar refractivity (Wildman–Crippen MR) is 83.7 cm³/mol. The monoisotopic (exact) mass is 351 g/mol. The van der Waals surface area contributed by atoms with Gasteiger partial charge in [0.15, 0.2) is 0 Å². The zero-order chi connectivity index (χ0) is 18.6. The third-order valence-corrected chi connectivity index (χ3v) is 3.13. The fourth-order valence-corrected chi connectivity index (χ4v) is 2.00. The first-order chi connectivity index (χ1) is 11.7. The average Bonchev–Trinajstić information content (AvgIpc) is 2.54. The molecular weight excluding hydrogens is 339 g/mol. The Hall–Kier alpha value is -3.36. The summed E-state index contributed by atoms with van der Waals surface area (Å²) in [6.07, 6.45) is -4.70. The van der Waals surface area contributed by atoms with E-state index in [4.69, 9.17) is 5.73 Å². The van der Waals surface area contributed by atoms with Crippen LogP contribution >= 0.6 is 0 Å². The Morgan fingerprint density at radius 1 is 0.800 bits per heavy atom. The molecule has 0 atom stereocenters. The van der Waals surface area contributed by atoms with Crippen molar-refractivity contribution in [2.45, 2.75) is 6.18 Å². The number of alkyl halides is 3. The second kappa shape index (κ2) is 7.04. The largest absolute Gasteiger partial charge is 0.418 e. The molecule has 4 N–H and O–H groups in total. The van der Waals surface area contributed by atoms with Crippen LogP contribution in [0.5, 0.6) is 0 Å². The first-order valence-electron chi connectivity index (χ1n) is 6.87. The van der Waals surface area contributed by atoms with E-state index in [9.17, 15) is 27.6 Å². The Bertz CT molecular complexity index is 835. The highest BCUT2D eigenvalue weighted by Crippen LogP contribution is 2.34. The van der Waals surface area contributed by atoms with Gasteiger partial charge in [0.1, 0.15) is 0 Å². The van der Waals surface area contributed by atoms with Gasteiger partial charge in [-0.05, 0) is 24.3 Å². The van der Waals surface area contributed by atoms with Crippen molar-refractivity contribution in [3.05, 3.63) is 59.7 Å². The van der Waals surface area contributed by atoms with Crippen LogP contribution in [-0.4, -0.2) is 17.7 Å². The summed E-state index contributed by atoms with van der Waals surface area (Å²) in [5.74, 6) is -3.40. The molecule has 0 saturated heterocycles. The van der Waals surface area contributed by atoms with Crippen LogP contribution < -0.4 is 16.4 Å². The summed E-state index contributed by atoms with van der Waals surface area (Å²) in [7, 11) is 0. The van der Waals surface area contributed by atoms with Crippen molar-refractivity contribution >= 4 is 29.1 Å². The zero-order valence-electron chi connectivity index (χ0n) is 12.6. The number of para-hydroxylation sites is 2. The lowest BCUT2D eigenvalue weighted by molar-refractivity contribution is -0.137. The standard InChI is InChI=1S/C16H12F3N3O3/c17-16(18,19)10-6-2-4-8-12(10)22-15(25)14(24)21-11-7-3-1-5-9(11)13(20)23/h1-8H,(H2,20,23)(H,21,24)(H,22,25).